The van der Waals surface area contributed by atoms with Crippen molar-refractivity contribution in [1.29, 1.82) is 0 Å². The minimum atomic E-state index is -0.815. The van der Waals surface area contributed by atoms with Gasteiger partial charge < -0.3 is 14.9 Å². The first-order valence-corrected chi connectivity index (χ1v) is 8.51. The first kappa shape index (κ1) is 17.0. The summed E-state index contributed by atoms with van der Waals surface area (Å²) in [5.41, 5.74) is 0.143. The molecular formula is C17H28N2O3. The van der Waals surface area contributed by atoms with Crippen molar-refractivity contribution in [2.75, 3.05) is 0 Å². The van der Waals surface area contributed by atoms with E-state index in [9.17, 15) is 9.90 Å². The summed E-state index contributed by atoms with van der Waals surface area (Å²) in [4.78, 5) is 12.0. The first-order valence-electron chi connectivity index (χ1n) is 8.51. The van der Waals surface area contributed by atoms with Gasteiger partial charge in [-0.1, -0.05) is 38.3 Å². The lowest BCUT2D eigenvalue weighted by molar-refractivity contribution is -0.127. The Labute approximate surface area is 132 Å². The maximum absolute atomic E-state index is 12.0. The molecule has 5 nitrogen and oxygen atoms in total. The van der Waals surface area contributed by atoms with Crippen LogP contribution >= 0.6 is 0 Å². The third-order valence-electron chi connectivity index (χ3n) is 4.71. The van der Waals surface area contributed by atoms with E-state index in [2.05, 4.69) is 24.3 Å². The van der Waals surface area contributed by atoms with Gasteiger partial charge in [-0.05, 0) is 25.7 Å². The third kappa shape index (κ3) is 4.57. The Morgan fingerprint density at radius 2 is 2.05 bits per heavy atom. The molecule has 2 rings (SSSR count). The molecule has 22 heavy (non-hydrogen) atoms. The van der Waals surface area contributed by atoms with Gasteiger partial charge in [0.2, 0.25) is 5.91 Å². The molecule has 0 bridgehead atoms. The number of nitrogens with zero attached hydrogens (tertiary/aromatic N) is 1. The van der Waals surface area contributed by atoms with Crippen LogP contribution in [0.5, 0.6) is 0 Å². The van der Waals surface area contributed by atoms with E-state index in [-0.39, 0.29) is 12.3 Å². The summed E-state index contributed by atoms with van der Waals surface area (Å²) >= 11 is 0. The number of aromatic nitrogens is 1. The standard InChI is InChI=1S/C17H28N2O3/c1-3-13(4-2)15-10-14(22-19-15)12-18-16(20)11-17(21)8-6-5-7-9-17/h10,13,21H,3-9,11-12H2,1-2H3,(H,18,20). The minimum Gasteiger partial charge on any atom is -0.389 e. The molecule has 0 spiro atoms. The molecule has 0 unspecified atom stereocenters. The smallest absolute Gasteiger partial charge is 0.223 e. The Hall–Kier alpha value is -1.36. The summed E-state index contributed by atoms with van der Waals surface area (Å²) in [6, 6.07) is 1.92. The fourth-order valence-corrected chi connectivity index (χ4v) is 3.25. The van der Waals surface area contributed by atoms with Gasteiger partial charge in [-0.25, -0.2) is 0 Å². The molecule has 5 heteroatoms. The largest absolute Gasteiger partial charge is 0.389 e. The zero-order valence-electron chi connectivity index (χ0n) is 13.7. The van der Waals surface area contributed by atoms with Gasteiger partial charge in [0.25, 0.3) is 0 Å². The summed E-state index contributed by atoms with van der Waals surface area (Å²) in [7, 11) is 0. The van der Waals surface area contributed by atoms with Gasteiger partial charge >= 0.3 is 0 Å². The highest BCUT2D eigenvalue weighted by Gasteiger charge is 2.31. The second-order valence-corrected chi connectivity index (χ2v) is 6.47. The van der Waals surface area contributed by atoms with Crippen LogP contribution in [0.2, 0.25) is 0 Å². The molecule has 1 aliphatic carbocycles. The second-order valence-electron chi connectivity index (χ2n) is 6.47. The second kappa shape index (κ2) is 7.77. The van der Waals surface area contributed by atoms with Crippen molar-refractivity contribution < 1.29 is 14.4 Å². The quantitative estimate of drug-likeness (QED) is 0.810. The van der Waals surface area contributed by atoms with E-state index in [0.717, 1.165) is 50.6 Å². The van der Waals surface area contributed by atoms with Gasteiger partial charge in [0.05, 0.1) is 24.3 Å². The first-order chi connectivity index (χ1) is 10.6. The average Bonchev–Trinajstić information content (AvgIpc) is 2.95. The topological polar surface area (TPSA) is 75.4 Å². The normalized spacial score (nSPS) is 17.6. The molecule has 124 valence electrons. The lowest BCUT2D eigenvalue weighted by atomic mass is 9.82. The van der Waals surface area contributed by atoms with Gasteiger partial charge in [-0.2, -0.15) is 0 Å². The van der Waals surface area contributed by atoms with E-state index in [1.54, 1.807) is 0 Å². The zero-order valence-corrected chi connectivity index (χ0v) is 13.7. The van der Waals surface area contributed by atoms with Crippen LogP contribution in [0.3, 0.4) is 0 Å². The van der Waals surface area contributed by atoms with E-state index in [4.69, 9.17) is 4.52 Å². The Balaban J connectivity index is 1.81. The van der Waals surface area contributed by atoms with Crippen molar-refractivity contribution in [2.24, 2.45) is 0 Å². The molecule has 0 aliphatic heterocycles. The average molecular weight is 308 g/mol. The molecule has 0 atom stereocenters. The van der Waals surface area contributed by atoms with E-state index in [1.807, 2.05) is 6.07 Å². The van der Waals surface area contributed by atoms with Crippen molar-refractivity contribution in [3.8, 4) is 0 Å². The fraction of sp³-hybridized carbons (Fsp3) is 0.765. The molecule has 0 saturated heterocycles. The van der Waals surface area contributed by atoms with Crippen LogP contribution in [0.15, 0.2) is 10.6 Å². The summed E-state index contributed by atoms with van der Waals surface area (Å²) in [6.07, 6.45) is 6.85. The molecule has 0 aromatic carbocycles. The molecule has 1 heterocycles. The van der Waals surface area contributed by atoms with Crippen LogP contribution < -0.4 is 5.32 Å². The van der Waals surface area contributed by atoms with E-state index >= 15 is 0 Å². The van der Waals surface area contributed by atoms with Crippen LogP contribution in [0.1, 0.15) is 82.6 Å². The molecule has 0 radical (unpaired) electrons. The van der Waals surface area contributed by atoms with Crippen LogP contribution in [0.25, 0.3) is 0 Å². The highest BCUT2D eigenvalue weighted by Crippen LogP contribution is 2.30. The van der Waals surface area contributed by atoms with E-state index in [0.29, 0.717) is 18.2 Å². The molecule has 1 aromatic rings. The molecule has 2 N–H and O–H groups in total. The number of carbonyl (C=O) groups is 1. The van der Waals surface area contributed by atoms with Crippen molar-refractivity contribution in [3.05, 3.63) is 17.5 Å². The highest BCUT2D eigenvalue weighted by atomic mass is 16.5. The van der Waals surface area contributed by atoms with Crippen LogP contribution in [-0.2, 0) is 11.3 Å². The van der Waals surface area contributed by atoms with Gasteiger partial charge in [0.1, 0.15) is 0 Å². The number of nitrogens with one attached hydrogen (secondary N) is 1. The number of hydrogen-bond acceptors (Lipinski definition) is 4. The Kier molecular flexibility index (Phi) is 6.00. The number of amides is 1. The highest BCUT2D eigenvalue weighted by molar-refractivity contribution is 5.76. The monoisotopic (exact) mass is 308 g/mol. The maximum Gasteiger partial charge on any atom is 0.223 e. The van der Waals surface area contributed by atoms with Crippen LogP contribution in [0, 0.1) is 0 Å². The fourth-order valence-electron chi connectivity index (χ4n) is 3.25. The molecular weight excluding hydrogens is 280 g/mol. The molecule has 1 amide bonds. The Morgan fingerprint density at radius 1 is 1.36 bits per heavy atom. The predicted octanol–water partition coefficient (Wildman–Crippen LogP) is 3.28. The molecule has 1 aromatic heterocycles. The van der Waals surface area contributed by atoms with Crippen molar-refractivity contribution in [2.45, 2.75) is 83.3 Å². The Bertz CT molecular complexity index is 474. The third-order valence-corrected chi connectivity index (χ3v) is 4.71. The number of carbonyl (C=O) groups excluding carboxylic acids is 1. The minimum absolute atomic E-state index is 0.120. The van der Waals surface area contributed by atoms with Crippen molar-refractivity contribution >= 4 is 5.91 Å². The number of aliphatic hydroxyl groups is 1. The van der Waals surface area contributed by atoms with Crippen LogP contribution in [0.4, 0.5) is 0 Å². The zero-order chi connectivity index (χ0) is 16.0. The summed E-state index contributed by atoms with van der Waals surface area (Å²) in [5.74, 6) is 0.965. The van der Waals surface area contributed by atoms with Crippen molar-refractivity contribution in [1.82, 2.24) is 10.5 Å². The van der Waals surface area contributed by atoms with Gasteiger partial charge in [0, 0.05) is 12.0 Å². The predicted molar refractivity (Wildman–Crippen MR) is 84.3 cm³/mol. The summed E-state index contributed by atoms with van der Waals surface area (Å²) in [6.45, 7) is 4.60. The number of rotatable bonds is 7. The Morgan fingerprint density at radius 3 is 2.68 bits per heavy atom. The molecule has 1 fully saturated rings. The van der Waals surface area contributed by atoms with E-state index < -0.39 is 5.60 Å². The van der Waals surface area contributed by atoms with Gasteiger partial charge in [-0.3, -0.25) is 4.79 Å². The lowest BCUT2D eigenvalue weighted by Gasteiger charge is -2.31. The maximum atomic E-state index is 12.0. The van der Waals surface area contributed by atoms with Crippen molar-refractivity contribution in [3.63, 3.8) is 0 Å². The molecule has 1 saturated carbocycles. The lowest BCUT2D eigenvalue weighted by Crippen LogP contribution is -2.38. The SMILES string of the molecule is CCC(CC)c1cc(CNC(=O)CC2(O)CCCCC2)on1. The summed E-state index contributed by atoms with van der Waals surface area (Å²) in [5, 5.41) is 17.3. The van der Waals surface area contributed by atoms with E-state index in [1.165, 1.54) is 0 Å². The summed E-state index contributed by atoms with van der Waals surface area (Å²) < 4.78 is 5.29. The van der Waals surface area contributed by atoms with Gasteiger partial charge in [-0.15, -0.1) is 0 Å². The molecule has 1 aliphatic rings. The van der Waals surface area contributed by atoms with Crippen LogP contribution in [-0.4, -0.2) is 21.8 Å². The van der Waals surface area contributed by atoms with Gasteiger partial charge in [0.15, 0.2) is 5.76 Å². The number of hydrogen-bond donors (Lipinski definition) is 2.